The first kappa shape index (κ1) is 62.0. The van der Waals surface area contributed by atoms with Crippen molar-refractivity contribution in [3.05, 3.63) is 363 Å². The fourth-order valence-corrected chi connectivity index (χ4v) is 13.4. The van der Waals surface area contributed by atoms with Crippen molar-refractivity contribution in [1.29, 1.82) is 0 Å². The van der Waals surface area contributed by atoms with E-state index in [-0.39, 0.29) is 0 Å². The van der Waals surface area contributed by atoms with E-state index in [0.29, 0.717) is 11.6 Å². The molecule has 0 fully saturated rings. The van der Waals surface area contributed by atoms with E-state index in [1.807, 2.05) is 84.9 Å². The van der Waals surface area contributed by atoms with Gasteiger partial charge >= 0.3 is 0 Å². The van der Waals surface area contributed by atoms with Gasteiger partial charge in [-0.2, -0.15) is 0 Å². The number of benzene rings is 12. The van der Waals surface area contributed by atoms with Gasteiger partial charge in [-0.3, -0.25) is 0 Å². The molecule has 18 rings (SSSR count). The topological polar surface area (TPSA) is 103 Å². The van der Waals surface area contributed by atoms with Gasteiger partial charge in [0.1, 0.15) is 0 Å². The van der Waals surface area contributed by atoms with Crippen LogP contribution in [0.15, 0.2) is 352 Å². The second kappa shape index (κ2) is 27.4. The van der Waals surface area contributed by atoms with Crippen molar-refractivity contribution < 1.29 is 0 Å². The Morgan fingerprint density at radius 3 is 0.676 bits per heavy atom. The first-order chi connectivity index (χ1) is 50.3. The lowest BCUT2D eigenvalue weighted by molar-refractivity contribution is 1.18. The Morgan fingerprint density at radius 2 is 0.373 bits per heavy atom. The Balaban J connectivity index is 0.000000152. The van der Waals surface area contributed by atoms with E-state index in [9.17, 15) is 0 Å². The van der Waals surface area contributed by atoms with E-state index in [1.165, 1.54) is 11.1 Å². The van der Waals surface area contributed by atoms with Gasteiger partial charge in [0, 0.05) is 77.2 Å². The minimum Gasteiger partial charge on any atom is -0.245 e. The van der Waals surface area contributed by atoms with E-state index in [2.05, 4.69) is 281 Å². The molecule has 0 atom stereocenters. The quantitative estimate of drug-likeness (QED) is 0.111. The molecule has 480 valence electrons. The molecule has 0 aliphatic carbocycles. The van der Waals surface area contributed by atoms with E-state index >= 15 is 0 Å². The number of fused-ring (bicyclic) bond motifs is 6. The van der Waals surface area contributed by atoms with Gasteiger partial charge in [0.15, 0.2) is 11.6 Å². The van der Waals surface area contributed by atoms with Crippen LogP contribution in [0.1, 0.15) is 11.1 Å². The zero-order valence-corrected chi connectivity index (χ0v) is 56.1. The molecule has 6 heterocycles. The number of pyridine rings is 4. The smallest absolute Gasteiger partial charge is 0.160 e. The minimum absolute atomic E-state index is 0.701. The molecule has 0 saturated carbocycles. The number of aryl methyl sites for hydroxylation is 2. The molecule has 0 aliphatic rings. The lowest BCUT2D eigenvalue weighted by Crippen LogP contribution is -1.95. The van der Waals surface area contributed by atoms with Gasteiger partial charge in [-0.1, -0.05) is 315 Å². The summed E-state index contributed by atoms with van der Waals surface area (Å²) in [5.41, 5.74) is 28.5. The van der Waals surface area contributed by atoms with Crippen LogP contribution in [0.25, 0.3) is 179 Å². The molecular weight excluding hydrogens is 1240 g/mol. The minimum atomic E-state index is 0.701. The third-order valence-corrected chi connectivity index (χ3v) is 18.9. The standard InChI is InChI=1S/2C47H32N4/c1-31-29-42(34-11-5-2-6-12-34)49-46-40(31)27-25-38-26-28-41(48-45(38)46)36-21-17-32(18-22-36)33-19-23-37(24-20-33)44-30-43(35-13-7-3-8-14-35)50-47(51-44)39-15-9-4-10-16-39;1-31-29-42(34-11-5-2-6-12-34)49-46-40(31)27-25-38-26-28-41(48-45(38)46)37-21-17-32(18-22-37)33-19-23-39(24-20-33)47-50-43(35-13-7-3-8-14-35)30-44(51-47)36-15-9-4-10-16-36/h2*2-30H,1H3. The van der Waals surface area contributed by atoms with Crippen LogP contribution in [-0.2, 0) is 0 Å². The average Bonchev–Trinajstić information content (AvgIpc) is 0.759. The molecule has 12 aromatic carbocycles. The fraction of sp³-hybridized carbons (Fsp3) is 0.0213. The zero-order valence-electron chi connectivity index (χ0n) is 56.1. The fourth-order valence-electron chi connectivity index (χ4n) is 13.4. The van der Waals surface area contributed by atoms with Crippen molar-refractivity contribution in [2.45, 2.75) is 13.8 Å². The lowest BCUT2D eigenvalue weighted by atomic mass is 9.99. The molecule has 0 saturated heterocycles. The molecular formula is C94H64N8. The van der Waals surface area contributed by atoms with Crippen LogP contribution in [0, 0.1) is 13.8 Å². The lowest BCUT2D eigenvalue weighted by Gasteiger charge is -2.11. The Morgan fingerprint density at radius 1 is 0.157 bits per heavy atom. The molecule has 102 heavy (non-hydrogen) atoms. The summed E-state index contributed by atoms with van der Waals surface area (Å²) in [5, 5.41) is 4.41. The molecule has 18 aromatic rings. The maximum Gasteiger partial charge on any atom is 0.160 e. The second-order valence-corrected chi connectivity index (χ2v) is 25.5. The van der Waals surface area contributed by atoms with Crippen molar-refractivity contribution in [1.82, 2.24) is 39.9 Å². The van der Waals surface area contributed by atoms with Crippen molar-refractivity contribution >= 4 is 43.6 Å². The maximum absolute atomic E-state index is 5.18. The van der Waals surface area contributed by atoms with Crippen LogP contribution in [0.2, 0.25) is 0 Å². The molecule has 0 radical (unpaired) electrons. The summed E-state index contributed by atoms with van der Waals surface area (Å²) in [6.07, 6.45) is 0. The maximum atomic E-state index is 5.18. The van der Waals surface area contributed by atoms with Crippen LogP contribution in [0.4, 0.5) is 0 Å². The number of aromatic nitrogens is 8. The summed E-state index contributed by atoms with van der Waals surface area (Å²) in [7, 11) is 0. The summed E-state index contributed by atoms with van der Waals surface area (Å²) in [6.45, 7) is 4.29. The van der Waals surface area contributed by atoms with Crippen molar-refractivity contribution in [3.8, 4) is 135 Å². The monoisotopic (exact) mass is 1300 g/mol. The third kappa shape index (κ3) is 12.8. The van der Waals surface area contributed by atoms with Crippen LogP contribution in [-0.4, -0.2) is 39.9 Å². The first-order valence-corrected chi connectivity index (χ1v) is 34.3. The third-order valence-electron chi connectivity index (χ3n) is 18.9. The van der Waals surface area contributed by atoms with Crippen LogP contribution in [0.3, 0.4) is 0 Å². The molecule has 8 nitrogen and oxygen atoms in total. The molecule has 0 amide bonds. The normalized spacial score (nSPS) is 11.2. The summed E-state index contributed by atoms with van der Waals surface area (Å²) in [4.78, 5) is 40.5. The Kier molecular flexibility index (Phi) is 16.6. The summed E-state index contributed by atoms with van der Waals surface area (Å²) in [5.74, 6) is 1.41. The van der Waals surface area contributed by atoms with Crippen LogP contribution in [0.5, 0.6) is 0 Å². The average molecular weight is 1310 g/mol. The van der Waals surface area contributed by atoms with E-state index in [1.54, 1.807) is 0 Å². The van der Waals surface area contributed by atoms with Crippen molar-refractivity contribution in [2.24, 2.45) is 0 Å². The van der Waals surface area contributed by atoms with Gasteiger partial charge in [0.2, 0.25) is 0 Å². The van der Waals surface area contributed by atoms with Gasteiger partial charge in [-0.15, -0.1) is 0 Å². The van der Waals surface area contributed by atoms with E-state index < -0.39 is 0 Å². The van der Waals surface area contributed by atoms with Crippen LogP contribution < -0.4 is 0 Å². The predicted octanol–water partition coefficient (Wildman–Crippen LogP) is 23.8. The number of hydrogen-bond acceptors (Lipinski definition) is 8. The number of nitrogens with zero attached hydrogens (tertiary/aromatic N) is 8. The highest BCUT2D eigenvalue weighted by Gasteiger charge is 2.17. The molecule has 6 aromatic heterocycles. The van der Waals surface area contributed by atoms with Gasteiger partial charge in [-0.25, -0.2) is 39.9 Å². The molecule has 0 spiro atoms. The van der Waals surface area contributed by atoms with Crippen molar-refractivity contribution in [2.75, 3.05) is 0 Å². The molecule has 8 heteroatoms. The number of rotatable bonds is 12. The highest BCUT2D eigenvalue weighted by atomic mass is 14.9. The van der Waals surface area contributed by atoms with E-state index in [4.69, 9.17) is 39.9 Å². The highest BCUT2D eigenvalue weighted by Crippen LogP contribution is 2.37. The summed E-state index contributed by atoms with van der Waals surface area (Å²) >= 11 is 0. The Labute approximate surface area is 591 Å². The zero-order chi connectivity index (χ0) is 68.3. The second-order valence-electron chi connectivity index (χ2n) is 25.5. The summed E-state index contributed by atoms with van der Waals surface area (Å²) in [6, 6.07) is 122. The van der Waals surface area contributed by atoms with E-state index in [0.717, 1.165) is 167 Å². The summed E-state index contributed by atoms with van der Waals surface area (Å²) < 4.78 is 0. The van der Waals surface area contributed by atoms with Gasteiger partial charge in [0.05, 0.1) is 67.6 Å². The molecule has 0 aliphatic heterocycles. The SMILES string of the molecule is Cc1cc(-c2ccccc2)nc2c1ccc1ccc(-c3ccc(-c4ccc(-c5cc(-c6ccccc6)nc(-c6ccccc6)n5)cc4)cc3)nc12.Cc1cc(-c2ccccc2)nc2c1ccc1ccc(-c3ccc(-c4ccc(-c5nc(-c6ccccc6)cc(-c6ccccc6)n5)cc4)cc3)nc12. The largest absolute Gasteiger partial charge is 0.245 e. The Bertz CT molecular complexity index is 5570. The van der Waals surface area contributed by atoms with Gasteiger partial charge in [-0.05, 0) is 83.6 Å². The first-order valence-electron chi connectivity index (χ1n) is 34.3. The number of hydrogen-bond donors (Lipinski definition) is 0. The molecule has 0 N–H and O–H groups in total. The van der Waals surface area contributed by atoms with Gasteiger partial charge < -0.3 is 0 Å². The Hall–Kier alpha value is -13.6. The predicted molar refractivity (Wildman–Crippen MR) is 420 cm³/mol. The van der Waals surface area contributed by atoms with Crippen LogP contribution >= 0.6 is 0 Å². The van der Waals surface area contributed by atoms with Gasteiger partial charge in [0.25, 0.3) is 0 Å². The molecule has 0 unspecified atom stereocenters. The highest BCUT2D eigenvalue weighted by molar-refractivity contribution is 6.07. The van der Waals surface area contributed by atoms with Crippen molar-refractivity contribution in [3.63, 3.8) is 0 Å². The molecule has 0 bridgehead atoms.